The van der Waals surface area contributed by atoms with Gasteiger partial charge in [0, 0.05) is 19.0 Å². The molecule has 1 aliphatic heterocycles. The maximum absolute atomic E-state index is 13.5. The van der Waals surface area contributed by atoms with Crippen LogP contribution in [0.5, 0.6) is 0 Å². The van der Waals surface area contributed by atoms with Gasteiger partial charge in [0.1, 0.15) is 17.9 Å². The van der Waals surface area contributed by atoms with Crippen LogP contribution in [0.2, 0.25) is 0 Å². The lowest BCUT2D eigenvalue weighted by Gasteiger charge is -2.35. The summed E-state index contributed by atoms with van der Waals surface area (Å²) in [5.74, 6) is -0.988. The van der Waals surface area contributed by atoms with Crippen LogP contribution in [0, 0.1) is 5.82 Å². The quantitative estimate of drug-likeness (QED) is 0.788. The highest BCUT2D eigenvalue weighted by molar-refractivity contribution is 6.08. The molecule has 2 fully saturated rings. The van der Waals surface area contributed by atoms with E-state index in [1.54, 1.807) is 13.1 Å². The van der Waals surface area contributed by atoms with Crippen molar-refractivity contribution in [1.82, 2.24) is 15.1 Å². The zero-order valence-corrected chi connectivity index (χ0v) is 16.8. The van der Waals surface area contributed by atoms with Gasteiger partial charge in [-0.2, -0.15) is 0 Å². The van der Waals surface area contributed by atoms with Crippen molar-refractivity contribution in [3.05, 3.63) is 35.6 Å². The van der Waals surface area contributed by atoms with Gasteiger partial charge in [-0.15, -0.1) is 0 Å². The number of nitrogens with one attached hydrogen (secondary N) is 1. The minimum Gasteiger partial charge on any atom is -0.354 e. The number of halogens is 1. The van der Waals surface area contributed by atoms with E-state index in [0.29, 0.717) is 12.8 Å². The average Bonchev–Trinajstić information content (AvgIpc) is 2.83. The van der Waals surface area contributed by atoms with Gasteiger partial charge in [0.05, 0.1) is 0 Å². The Hall–Kier alpha value is -2.44. The molecule has 0 bridgehead atoms. The van der Waals surface area contributed by atoms with Crippen molar-refractivity contribution >= 4 is 17.8 Å². The molecule has 4 amide bonds. The molecule has 1 N–H and O–H groups in total. The Bertz CT molecular complexity index is 787. The number of hydrogen-bond donors (Lipinski definition) is 1. The van der Waals surface area contributed by atoms with Gasteiger partial charge in [-0.05, 0) is 30.5 Å². The smallest absolute Gasteiger partial charge is 0.327 e. The van der Waals surface area contributed by atoms with E-state index in [0.717, 1.165) is 29.7 Å². The highest BCUT2D eigenvalue weighted by Crippen LogP contribution is 2.39. The highest BCUT2D eigenvalue weighted by atomic mass is 19.1. The third-order valence-corrected chi connectivity index (χ3v) is 6.12. The van der Waals surface area contributed by atoms with E-state index in [4.69, 9.17) is 0 Å². The fraction of sp³-hybridized carbons (Fsp3) is 0.571. The molecule has 0 aromatic heterocycles. The Labute approximate surface area is 165 Å². The zero-order chi connectivity index (χ0) is 20.5. The van der Waals surface area contributed by atoms with Crippen molar-refractivity contribution in [2.45, 2.75) is 56.9 Å². The number of likely N-dealkylation sites (N-methyl/N-ethyl adjacent to an activating group) is 1. The molecule has 0 radical (unpaired) electrons. The number of imide groups is 1. The fourth-order valence-corrected chi connectivity index (χ4v) is 4.20. The normalized spacial score (nSPS) is 19.4. The molecule has 1 saturated heterocycles. The van der Waals surface area contributed by atoms with E-state index in [9.17, 15) is 18.8 Å². The van der Waals surface area contributed by atoms with Crippen molar-refractivity contribution in [3.63, 3.8) is 0 Å². The first-order chi connectivity index (χ1) is 13.2. The minimum absolute atomic E-state index is 0.265. The third kappa shape index (κ3) is 3.62. The first-order valence-corrected chi connectivity index (χ1v) is 9.80. The summed E-state index contributed by atoms with van der Waals surface area (Å²) in [5.41, 5.74) is -0.503. The number of urea groups is 1. The molecular formula is C21H28FN3O3. The molecule has 1 aromatic carbocycles. The van der Waals surface area contributed by atoms with Gasteiger partial charge in [-0.25, -0.2) is 9.18 Å². The molecule has 0 atom stereocenters. The second-order valence-corrected chi connectivity index (χ2v) is 8.50. The highest BCUT2D eigenvalue weighted by Gasteiger charge is 2.55. The maximum Gasteiger partial charge on any atom is 0.327 e. The topological polar surface area (TPSA) is 69.7 Å². The Morgan fingerprint density at radius 2 is 1.89 bits per heavy atom. The molecule has 0 unspecified atom stereocenters. The predicted octanol–water partition coefficient (Wildman–Crippen LogP) is 2.82. The molecule has 6 nitrogen and oxygen atoms in total. The Morgan fingerprint density at radius 3 is 2.54 bits per heavy atom. The van der Waals surface area contributed by atoms with E-state index < -0.39 is 22.9 Å². The van der Waals surface area contributed by atoms with Gasteiger partial charge in [-0.1, -0.05) is 45.2 Å². The van der Waals surface area contributed by atoms with Gasteiger partial charge in [0.2, 0.25) is 5.91 Å². The van der Waals surface area contributed by atoms with Crippen LogP contribution in [0.3, 0.4) is 0 Å². The van der Waals surface area contributed by atoms with Crippen LogP contribution >= 0.6 is 0 Å². The van der Waals surface area contributed by atoms with Crippen LogP contribution in [0.15, 0.2) is 24.3 Å². The lowest BCUT2D eigenvalue weighted by Crippen LogP contribution is -2.49. The summed E-state index contributed by atoms with van der Waals surface area (Å²) < 4.78 is 13.5. The third-order valence-electron chi connectivity index (χ3n) is 6.12. The van der Waals surface area contributed by atoms with Crippen LogP contribution in [-0.4, -0.2) is 53.3 Å². The van der Waals surface area contributed by atoms with Crippen molar-refractivity contribution in [3.8, 4) is 0 Å². The first kappa shape index (κ1) is 20.3. The number of carbonyl (C=O) groups is 3. The van der Waals surface area contributed by atoms with Crippen LogP contribution in [-0.2, 0) is 15.0 Å². The van der Waals surface area contributed by atoms with Gasteiger partial charge in [-0.3, -0.25) is 14.5 Å². The molecule has 28 heavy (non-hydrogen) atoms. The van der Waals surface area contributed by atoms with Crippen LogP contribution in [0.25, 0.3) is 0 Å². The van der Waals surface area contributed by atoms with Gasteiger partial charge in [0.15, 0.2) is 0 Å². The number of nitrogens with zero attached hydrogens (tertiary/aromatic N) is 2. The number of benzene rings is 1. The minimum atomic E-state index is -0.781. The van der Waals surface area contributed by atoms with Crippen molar-refractivity contribution < 1.29 is 18.8 Å². The second-order valence-electron chi connectivity index (χ2n) is 8.50. The molecule has 1 spiro atoms. The average molecular weight is 389 g/mol. The summed E-state index contributed by atoms with van der Waals surface area (Å²) >= 11 is 0. The number of rotatable bonds is 5. The lowest BCUT2D eigenvalue weighted by molar-refractivity contribution is -0.137. The van der Waals surface area contributed by atoms with Crippen molar-refractivity contribution in [2.75, 3.05) is 20.1 Å². The fourth-order valence-electron chi connectivity index (χ4n) is 4.20. The molecule has 2 aliphatic rings. The summed E-state index contributed by atoms with van der Waals surface area (Å²) in [6.45, 7) is 3.79. The van der Waals surface area contributed by atoms with Crippen LogP contribution in [0.1, 0.15) is 51.5 Å². The molecule has 7 heteroatoms. The van der Waals surface area contributed by atoms with Crippen LogP contribution < -0.4 is 5.32 Å². The van der Waals surface area contributed by atoms with Gasteiger partial charge < -0.3 is 10.2 Å². The number of amides is 4. The molecule has 1 aromatic rings. The monoisotopic (exact) mass is 389 g/mol. The molecule has 152 valence electrons. The number of hydrogen-bond acceptors (Lipinski definition) is 3. The number of carbonyl (C=O) groups excluding carboxylic acids is 3. The molecule has 3 rings (SSSR count). The Kier molecular flexibility index (Phi) is 5.46. The molecule has 1 saturated carbocycles. The SMILES string of the molecule is CN1C(=O)N(CC(=O)NCC(C)(C)c2cccc(F)c2)C(=O)C12CCCCC2. The molecular weight excluding hydrogens is 361 g/mol. The largest absolute Gasteiger partial charge is 0.354 e. The van der Waals surface area contributed by atoms with Crippen molar-refractivity contribution in [1.29, 1.82) is 0 Å². The van der Waals surface area contributed by atoms with E-state index in [-0.39, 0.29) is 24.8 Å². The van der Waals surface area contributed by atoms with E-state index in [1.807, 2.05) is 19.9 Å². The Morgan fingerprint density at radius 1 is 1.21 bits per heavy atom. The molecule has 1 aliphatic carbocycles. The summed E-state index contributed by atoms with van der Waals surface area (Å²) in [5, 5.41) is 2.79. The maximum atomic E-state index is 13.5. The Balaban J connectivity index is 1.63. The van der Waals surface area contributed by atoms with Gasteiger partial charge >= 0.3 is 6.03 Å². The van der Waals surface area contributed by atoms with E-state index >= 15 is 0 Å². The summed E-state index contributed by atoms with van der Waals surface area (Å²) in [7, 11) is 1.65. The summed E-state index contributed by atoms with van der Waals surface area (Å²) in [4.78, 5) is 40.6. The molecule has 1 heterocycles. The van der Waals surface area contributed by atoms with Gasteiger partial charge in [0.25, 0.3) is 5.91 Å². The summed E-state index contributed by atoms with van der Waals surface area (Å²) in [6, 6.07) is 5.85. The predicted molar refractivity (Wildman–Crippen MR) is 103 cm³/mol. The standard InChI is InChI=1S/C21H28FN3O3/c1-20(2,15-8-7-9-16(22)12-15)14-23-17(26)13-25-18(27)21(24(3)19(25)28)10-5-4-6-11-21/h7-9,12H,4-6,10-11,13-14H2,1-3H3,(H,23,26). The first-order valence-electron chi connectivity index (χ1n) is 9.80. The van der Waals surface area contributed by atoms with Crippen LogP contribution in [0.4, 0.5) is 9.18 Å². The van der Waals surface area contributed by atoms with E-state index in [2.05, 4.69) is 5.32 Å². The van der Waals surface area contributed by atoms with Crippen molar-refractivity contribution in [2.24, 2.45) is 0 Å². The lowest BCUT2D eigenvalue weighted by atomic mass is 9.81. The zero-order valence-electron chi connectivity index (χ0n) is 16.8. The second kappa shape index (κ2) is 7.53. The van der Waals surface area contributed by atoms with E-state index in [1.165, 1.54) is 17.0 Å². The summed E-state index contributed by atoms with van der Waals surface area (Å²) in [6.07, 6.45) is 4.18.